The third kappa shape index (κ3) is 4.54. The van der Waals surface area contributed by atoms with Crippen LogP contribution in [0.25, 0.3) is 0 Å². The maximum Gasteiger partial charge on any atom is 0.245 e. The van der Waals surface area contributed by atoms with E-state index >= 15 is 0 Å². The molecule has 6 heteroatoms. The first kappa shape index (κ1) is 19.8. The molecule has 1 saturated heterocycles. The summed E-state index contributed by atoms with van der Waals surface area (Å²) in [6.45, 7) is 7.09. The van der Waals surface area contributed by atoms with Crippen LogP contribution < -0.4 is 10.1 Å². The van der Waals surface area contributed by atoms with E-state index < -0.39 is 5.54 Å². The van der Waals surface area contributed by atoms with E-state index in [0.717, 1.165) is 16.5 Å². The van der Waals surface area contributed by atoms with Gasteiger partial charge < -0.3 is 15.0 Å². The first-order valence-electron chi connectivity index (χ1n) is 8.69. The van der Waals surface area contributed by atoms with Gasteiger partial charge in [-0.25, -0.2) is 0 Å². The van der Waals surface area contributed by atoms with Crippen molar-refractivity contribution in [1.29, 1.82) is 0 Å². The summed E-state index contributed by atoms with van der Waals surface area (Å²) in [4.78, 5) is 26.9. The molecule has 2 rings (SSSR count). The molecule has 25 heavy (non-hydrogen) atoms. The summed E-state index contributed by atoms with van der Waals surface area (Å²) in [5.41, 5.74) is 0.0646. The molecule has 0 unspecified atom stereocenters. The van der Waals surface area contributed by atoms with Crippen molar-refractivity contribution in [2.24, 2.45) is 5.92 Å². The molecule has 1 heterocycles. The SMILES string of the molecule is COc1ccc(Br)cc1CN1C(=O)CC[C@]1(C)C(=O)NCCC(C)C. The van der Waals surface area contributed by atoms with E-state index in [-0.39, 0.29) is 11.8 Å². The number of methoxy groups -OCH3 is 1. The third-order valence-electron chi connectivity index (χ3n) is 4.79. The average Bonchev–Trinajstić information content (AvgIpc) is 2.84. The Bertz CT molecular complexity index is 648. The Morgan fingerprint density at radius 2 is 2.16 bits per heavy atom. The number of nitrogens with zero attached hydrogens (tertiary/aromatic N) is 1. The normalized spacial score (nSPS) is 20.2. The van der Waals surface area contributed by atoms with Gasteiger partial charge in [-0.2, -0.15) is 0 Å². The van der Waals surface area contributed by atoms with Gasteiger partial charge in [-0.15, -0.1) is 0 Å². The van der Waals surface area contributed by atoms with E-state index in [1.165, 1.54) is 0 Å². The Labute approximate surface area is 158 Å². The van der Waals surface area contributed by atoms with E-state index in [2.05, 4.69) is 35.1 Å². The number of halogens is 1. The lowest BCUT2D eigenvalue weighted by molar-refractivity contribution is -0.141. The summed E-state index contributed by atoms with van der Waals surface area (Å²) in [6.07, 6.45) is 1.86. The molecule has 5 nitrogen and oxygen atoms in total. The van der Waals surface area contributed by atoms with Crippen molar-refractivity contribution in [3.05, 3.63) is 28.2 Å². The molecular weight excluding hydrogens is 384 g/mol. The number of carbonyl (C=O) groups excluding carboxylic acids is 2. The largest absolute Gasteiger partial charge is 0.496 e. The van der Waals surface area contributed by atoms with Gasteiger partial charge in [-0.1, -0.05) is 29.8 Å². The van der Waals surface area contributed by atoms with Crippen LogP contribution in [0.2, 0.25) is 0 Å². The van der Waals surface area contributed by atoms with Crippen molar-refractivity contribution in [2.45, 2.75) is 52.1 Å². The number of hydrogen-bond acceptors (Lipinski definition) is 3. The summed E-state index contributed by atoms with van der Waals surface area (Å²) in [7, 11) is 1.61. The minimum Gasteiger partial charge on any atom is -0.496 e. The Balaban J connectivity index is 2.18. The zero-order valence-electron chi connectivity index (χ0n) is 15.4. The fourth-order valence-corrected chi connectivity index (χ4v) is 3.51. The van der Waals surface area contributed by atoms with Crippen LogP contribution in [0, 0.1) is 5.92 Å². The Morgan fingerprint density at radius 1 is 1.44 bits per heavy atom. The molecule has 1 N–H and O–H groups in total. The van der Waals surface area contributed by atoms with Gasteiger partial charge in [0.15, 0.2) is 0 Å². The van der Waals surface area contributed by atoms with Crippen molar-refractivity contribution < 1.29 is 14.3 Å². The van der Waals surface area contributed by atoms with Crippen LogP contribution in [-0.2, 0) is 16.1 Å². The fraction of sp³-hybridized carbons (Fsp3) is 0.579. The van der Waals surface area contributed by atoms with Gasteiger partial charge in [-0.05, 0) is 43.9 Å². The van der Waals surface area contributed by atoms with E-state index in [4.69, 9.17) is 4.74 Å². The molecule has 1 aliphatic heterocycles. The monoisotopic (exact) mass is 410 g/mol. The number of nitrogens with one attached hydrogen (secondary N) is 1. The minimum atomic E-state index is -0.818. The second-order valence-electron chi connectivity index (χ2n) is 7.15. The molecule has 1 aliphatic rings. The van der Waals surface area contributed by atoms with Crippen LogP contribution in [0.3, 0.4) is 0 Å². The molecule has 138 valence electrons. The maximum absolute atomic E-state index is 12.8. The molecule has 1 atom stereocenters. The third-order valence-corrected chi connectivity index (χ3v) is 5.28. The van der Waals surface area contributed by atoms with Gasteiger partial charge in [0, 0.05) is 23.0 Å². The van der Waals surface area contributed by atoms with Gasteiger partial charge in [0.25, 0.3) is 0 Å². The Kier molecular flexibility index (Phi) is 6.49. The van der Waals surface area contributed by atoms with Crippen LogP contribution in [0.1, 0.15) is 45.6 Å². The standard InChI is InChI=1S/C19H27BrN2O3/c1-13(2)8-10-21-18(24)19(3)9-7-17(23)22(19)12-14-11-15(20)5-6-16(14)25-4/h5-6,11,13H,7-10,12H2,1-4H3,(H,21,24)/t19-/m1/s1. The van der Waals surface area contributed by atoms with Crippen LogP contribution in [0.15, 0.2) is 22.7 Å². The first-order valence-corrected chi connectivity index (χ1v) is 9.48. The van der Waals surface area contributed by atoms with Crippen molar-refractivity contribution in [3.8, 4) is 5.75 Å². The number of likely N-dealkylation sites (tertiary alicyclic amines) is 1. The summed E-state index contributed by atoms with van der Waals surface area (Å²) in [6, 6.07) is 5.69. The minimum absolute atomic E-state index is 0.00328. The summed E-state index contributed by atoms with van der Waals surface area (Å²) < 4.78 is 6.32. The van der Waals surface area contributed by atoms with Gasteiger partial charge in [0.2, 0.25) is 11.8 Å². The molecule has 2 amide bonds. The molecule has 1 aromatic carbocycles. The molecule has 1 fully saturated rings. The van der Waals surface area contributed by atoms with Gasteiger partial charge in [0.05, 0.1) is 13.7 Å². The lowest BCUT2D eigenvalue weighted by atomic mass is 9.96. The lowest BCUT2D eigenvalue weighted by Crippen LogP contribution is -2.54. The summed E-state index contributed by atoms with van der Waals surface area (Å²) in [5.74, 6) is 1.17. The quantitative estimate of drug-likeness (QED) is 0.747. The predicted molar refractivity (Wildman–Crippen MR) is 101 cm³/mol. The lowest BCUT2D eigenvalue weighted by Gasteiger charge is -2.34. The predicted octanol–water partition coefficient (Wildman–Crippen LogP) is 3.50. The van der Waals surface area contributed by atoms with Crippen molar-refractivity contribution in [1.82, 2.24) is 10.2 Å². The number of rotatable bonds is 7. The van der Waals surface area contributed by atoms with Gasteiger partial charge in [-0.3, -0.25) is 9.59 Å². The molecule has 0 aliphatic carbocycles. The van der Waals surface area contributed by atoms with Crippen LogP contribution >= 0.6 is 15.9 Å². The molecule has 1 aromatic rings. The van der Waals surface area contributed by atoms with Crippen LogP contribution in [0.5, 0.6) is 5.75 Å². The second kappa shape index (κ2) is 8.21. The molecule has 0 radical (unpaired) electrons. The van der Waals surface area contributed by atoms with Crippen molar-refractivity contribution in [2.75, 3.05) is 13.7 Å². The maximum atomic E-state index is 12.8. The number of carbonyl (C=O) groups is 2. The zero-order valence-corrected chi connectivity index (χ0v) is 17.0. The summed E-state index contributed by atoms with van der Waals surface area (Å²) in [5, 5.41) is 3.00. The highest BCUT2D eigenvalue weighted by Gasteiger charge is 2.47. The van der Waals surface area contributed by atoms with Crippen molar-refractivity contribution in [3.63, 3.8) is 0 Å². The smallest absolute Gasteiger partial charge is 0.245 e. The first-order chi connectivity index (χ1) is 11.8. The second-order valence-corrected chi connectivity index (χ2v) is 8.06. The van der Waals surface area contributed by atoms with Gasteiger partial charge in [0.1, 0.15) is 11.3 Å². The molecule has 0 aromatic heterocycles. The topological polar surface area (TPSA) is 58.6 Å². The Hall–Kier alpha value is -1.56. The van der Waals surface area contributed by atoms with Crippen LogP contribution in [-0.4, -0.2) is 35.9 Å². The highest BCUT2D eigenvalue weighted by atomic mass is 79.9. The number of ether oxygens (including phenoxy) is 1. The highest BCUT2D eigenvalue weighted by molar-refractivity contribution is 9.10. The van der Waals surface area contributed by atoms with Gasteiger partial charge >= 0.3 is 0 Å². The van der Waals surface area contributed by atoms with Crippen LogP contribution in [0.4, 0.5) is 0 Å². The Morgan fingerprint density at radius 3 is 2.80 bits per heavy atom. The zero-order chi connectivity index (χ0) is 18.6. The fourth-order valence-electron chi connectivity index (χ4n) is 3.10. The number of benzene rings is 1. The van der Waals surface area contributed by atoms with E-state index in [1.54, 1.807) is 12.0 Å². The molecular formula is C19H27BrN2O3. The van der Waals surface area contributed by atoms with E-state index in [1.807, 2.05) is 25.1 Å². The highest BCUT2D eigenvalue weighted by Crippen LogP contribution is 2.34. The molecule has 0 bridgehead atoms. The summed E-state index contributed by atoms with van der Waals surface area (Å²) >= 11 is 3.46. The average molecular weight is 411 g/mol. The molecule has 0 saturated carbocycles. The number of amides is 2. The van der Waals surface area contributed by atoms with Crippen molar-refractivity contribution >= 4 is 27.7 Å². The van der Waals surface area contributed by atoms with E-state index in [9.17, 15) is 9.59 Å². The molecule has 0 spiro atoms. The van der Waals surface area contributed by atoms with E-state index in [0.29, 0.717) is 37.6 Å². The number of hydrogen-bond donors (Lipinski definition) is 1.